The van der Waals surface area contributed by atoms with Gasteiger partial charge in [0.05, 0.1) is 28.8 Å². The van der Waals surface area contributed by atoms with Gasteiger partial charge in [-0.25, -0.2) is 0 Å². The summed E-state index contributed by atoms with van der Waals surface area (Å²) in [4.78, 5) is 25.1. The second kappa shape index (κ2) is 9.64. The lowest BCUT2D eigenvalue weighted by atomic mass is 9.43. The number of halogens is 2. The maximum atomic E-state index is 12.7. The van der Waals surface area contributed by atoms with Crippen molar-refractivity contribution in [3.63, 3.8) is 0 Å². The van der Waals surface area contributed by atoms with Gasteiger partial charge in [0.15, 0.2) is 0 Å². The number of carbonyl (C=O) groups is 2. The minimum Gasteiger partial charge on any atom is -0.405 e. The molecule has 5 atom stereocenters. The highest BCUT2D eigenvalue weighted by Gasteiger charge is 2.67. The maximum absolute atomic E-state index is 12.7. The van der Waals surface area contributed by atoms with Crippen molar-refractivity contribution in [3.8, 4) is 0 Å². The third-order valence-corrected chi connectivity index (χ3v) is 8.75. The number of amides is 2. The van der Waals surface area contributed by atoms with Crippen molar-refractivity contribution in [2.75, 3.05) is 6.54 Å². The molecule has 4 fully saturated rings. The highest BCUT2D eigenvalue weighted by atomic mass is 35.5. The van der Waals surface area contributed by atoms with Gasteiger partial charge in [0.25, 0.3) is 5.91 Å². The molecule has 0 radical (unpaired) electrons. The Labute approximate surface area is 212 Å². The largest absolute Gasteiger partial charge is 0.459 e. The van der Waals surface area contributed by atoms with Crippen LogP contribution < -0.4 is 10.6 Å². The van der Waals surface area contributed by atoms with Gasteiger partial charge in [0.1, 0.15) is 0 Å². The van der Waals surface area contributed by atoms with E-state index in [1.54, 1.807) is 12.1 Å². The first-order valence-corrected chi connectivity index (χ1v) is 13.0. The molecule has 4 aliphatic rings. The summed E-state index contributed by atoms with van der Waals surface area (Å²) in [5.74, 6) is 0.878. The molecule has 34 heavy (non-hydrogen) atoms. The maximum Gasteiger partial charge on any atom is 0.459 e. The van der Waals surface area contributed by atoms with Crippen LogP contribution in [0.1, 0.15) is 64.2 Å². The third-order valence-electron chi connectivity index (χ3n) is 8.18. The van der Waals surface area contributed by atoms with Crippen LogP contribution in [0.15, 0.2) is 18.2 Å². The molecule has 2 amide bonds. The number of benzene rings is 1. The van der Waals surface area contributed by atoms with E-state index in [0.29, 0.717) is 34.5 Å². The van der Waals surface area contributed by atoms with Gasteiger partial charge in [0, 0.05) is 17.4 Å². The Bertz CT molecular complexity index is 959. The van der Waals surface area contributed by atoms with E-state index < -0.39 is 5.91 Å². The smallest absolute Gasteiger partial charge is 0.405 e. The summed E-state index contributed by atoms with van der Waals surface area (Å²) < 4.78 is 12.9. The van der Waals surface area contributed by atoms with Crippen LogP contribution in [-0.2, 0) is 14.1 Å². The molecule has 0 unspecified atom stereocenters. The van der Waals surface area contributed by atoms with Crippen LogP contribution in [0.2, 0.25) is 16.4 Å². The van der Waals surface area contributed by atoms with E-state index >= 15 is 0 Å². The molecule has 6 nitrogen and oxygen atoms in total. The molecular weight excluding hydrogens is 474 g/mol. The van der Waals surface area contributed by atoms with E-state index in [1.807, 2.05) is 0 Å². The fourth-order valence-corrected chi connectivity index (χ4v) is 6.65. The lowest BCUT2D eigenvalue weighted by molar-refractivity contribution is -0.199. The van der Waals surface area contributed by atoms with Crippen molar-refractivity contribution in [3.05, 3.63) is 33.8 Å². The van der Waals surface area contributed by atoms with E-state index in [0.717, 1.165) is 12.8 Å². The Hall–Kier alpha value is -1.28. The summed E-state index contributed by atoms with van der Waals surface area (Å²) in [6.45, 7) is 11.0. The number of hydrogen-bond donors (Lipinski definition) is 2. The first kappa shape index (κ1) is 25.8. The summed E-state index contributed by atoms with van der Waals surface area (Å²) in [5, 5.41) is 6.39. The first-order valence-electron chi connectivity index (χ1n) is 12.3. The van der Waals surface area contributed by atoms with Gasteiger partial charge in [-0.15, -0.1) is 0 Å². The molecule has 1 saturated heterocycles. The number of nitrogens with one attached hydrogen (secondary N) is 2. The van der Waals surface area contributed by atoms with Gasteiger partial charge >= 0.3 is 7.12 Å². The molecule has 2 bridgehead atoms. The van der Waals surface area contributed by atoms with Crippen LogP contribution in [0.5, 0.6) is 0 Å². The monoisotopic (exact) mass is 508 g/mol. The SMILES string of the molecule is CC(C)C[C@@H](CB1O[C@@H]2C[C@@H]3C[C@@H](C3(C)C)[C@]2(C)O1)NC(=O)CNC(=O)c1cc(Cl)ccc1Cl. The molecule has 1 aromatic rings. The zero-order valence-electron chi connectivity index (χ0n) is 20.6. The van der Waals surface area contributed by atoms with Crippen molar-refractivity contribution < 1.29 is 18.9 Å². The van der Waals surface area contributed by atoms with Crippen LogP contribution in [-0.4, -0.2) is 43.2 Å². The second-order valence-electron chi connectivity index (χ2n) is 11.3. The van der Waals surface area contributed by atoms with Crippen LogP contribution in [0.3, 0.4) is 0 Å². The molecule has 0 spiro atoms. The molecular formula is C25H35BCl2N2O4. The summed E-state index contributed by atoms with van der Waals surface area (Å²) in [7, 11) is -0.339. The minimum atomic E-state index is -0.441. The van der Waals surface area contributed by atoms with Gasteiger partial charge in [0.2, 0.25) is 5.91 Å². The van der Waals surface area contributed by atoms with E-state index in [9.17, 15) is 9.59 Å². The molecule has 5 rings (SSSR count). The predicted molar refractivity (Wildman–Crippen MR) is 135 cm³/mol. The average molecular weight is 509 g/mol. The lowest BCUT2D eigenvalue weighted by Crippen LogP contribution is -2.65. The molecule has 2 N–H and O–H groups in total. The van der Waals surface area contributed by atoms with E-state index in [1.165, 1.54) is 12.5 Å². The molecule has 1 aliphatic heterocycles. The highest BCUT2D eigenvalue weighted by Crippen LogP contribution is 2.65. The van der Waals surface area contributed by atoms with Gasteiger partial charge in [-0.2, -0.15) is 0 Å². The summed E-state index contributed by atoms with van der Waals surface area (Å²) in [5.41, 5.74) is 0.268. The second-order valence-corrected chi connectivity index (χ2v) is 12.2. The van der Waals surface area contributed by atoms with E-state index in [2.05, 4.69) is 45.3 Å². The van der Waals surface area contributed by atoms with Crippen LogP contribution in [0.25, 0.3) is 0 Å². The Morgan fingerprint density at radius 2 is 1.94 bits per heavy atom. The van der Waals surface area contributed by atoms with Gasteiger partial charge in [-0.05, 0) is 67.6 Å². The quantitative estimate of drug-likeness (QED) is 0.485. The third kappa shape index (κ3) is 4.99. The summed E-state index contributed by atoms with van der Waals surface area (Å²) in [6.07, 6.45) is 3.74. The number of carbonyl (C=O) groups excluding carboxylic acids is 2. The standard InChI is InChI=1S/C25H35BCl2N2O4/c1-14(2)8-17(30-22(31)13-29-23(32)18-11-16(27)6-7-19(18)28)12-26-33-21-10-15-9-20(24(15,3)4)25(21,5)34-26/h6-7,11,14-15,17,20-21H,8-10,12-13H2,1-5H3,(H,29,32)(H,30,31)/t15-,17-,20-,21+,25-/m0/s1. The van der Waals surface area contributed by atoms with Crippen molar-refractivity contribution in [1.82, 2.24) is 10.6 Å². The molecule has 3 aliphatic carbocycles. The van der Waals surface area contributed by atoms with E-state index in [-0.39, 0.29) is 47.9 Å². The molecule has 186 valence electrons. The van der Waals surface area contributed by atoms with Crippen LogP contribution >= 0.6 is 23.2 Å². The van der Waals surface area contributed by atoms with Crippen molar-refractivity contribution in [2.24, 2.45) is 23.2 Å². The average Bonchev–Trinajstić information content (AvgIpc) is 3.08. The van der Waals surface area contributed by atoms with Gasteiger partial charge < -0.3 is 19.9 Å². The topological polar surface area (TPSA) is 76.7 Å². The molecule has 1 heterocycles. The molecule has 1 aromatic carbocycles. The fraction of sp³-hybridized carbons (Fsp3) is 0.680. The molecule has 0 aromatic heterocycles. The van der Waals surface area contributed by atoms with Crippen molar-refractivity contribution >= 4 is 42.1 Å². The zero-order valence-corrected chi connectivity index (χ0v) is 22.1. The van der Waals surface area contributed by atoms with Crippen LogP contribution in [0, 0.1) is 23.2 Å². The Morgan fingerprint density at radius 3 is 2.62 bits per heavy atom. The Kier molecular flexibility index (Phi) is 7.32. The lowest BCUT2D eigenvalue weighted by Gasteiger charge is -2.64. The predicted octanol–water partition coefficient (Wildman–Crippen LogP) is 4.98. The van der Waals surface area contributed by atoms with Gasteiger partial charge in [-0.3, -0.25) is 9.59 Å². The fourth-order valence-electron chi connectivity index (χ4n) is 6.27. The van der Waals surface area contributed by atoms with E-state index in [4.69, 9.17) is 32.5 Å². The van der Waals surface area contributed by atoms with Crippen molar-refractivity contribution in [1.29, 1.82) is 0 Å². The van der Waals surface area contributed by atoms with Gasteiger partial charge in [-0.1, -0.05) is 50.9 Å². The highest BCUT2D eigenvalue weighted by molar-refractivity contribution is 6.45. The summed E-state index contributed by atoms with van der Waals surface area (Å²) in [6, 6.07) is 4.54. The molecule has 9 heteroatoms. The number of rotatable bonds is 8. The number of hydrogen-bond acceptors (Lipinski definition) is 4. The van der Waals surface area contributed by atoms with Crippen LogP contribution in [0.4, 0.5) is 0 Å². The minimum absolute atomic E-state index is 0.115. The molecule has 3 saturated carbocycles. The summed E-state index contributed by atoms with van der Waals surface area (Å²) >= 11 is 12.1. The normalized spacial score (nSPS) is 29.9. The first-order chi connectivity index (χ1) is 15.9. The Balaban J connectivity index is 1.33. The zero-order chi connectivity index (χ0) is 24.8. The van der Waals surface area contributed by atoms with Crippen molar-refractivity contribution in [2.45, 2.75) is 77.9 Å². The Morgan fingerprint density at radius 1 is 1.21 bits per heavy atom.